The summed E-state index contributed by atoms with van der Waals surface area (Å²) in [5.74, 6) is 0.768. The smallest absolute Gasteiger partial charge is 0.233 e. The fraction of sp³-hybridized carbons (Fsp3) is 0.562. The van der Waals surface area contributed by atoms with Gasteiger partial charge in [-0.05, 0) is 49.3 Å². The van der Waals surface area contributed by atoms with E-state index in [1.54, 1.807) is 0 Å². The van der Waals surface area contributed by atoms with Crippen molar-refractivity contribution in [3.05, 3.63) is 34.3 Å². The Kier molecular flexibility index (Phi) is 3.87. The van der Waals surface area contributed by atoms with E-state index in [1.165, 1.54) is 0 Å². The maximum Gasteiger partial charge on any atom is 0.233 e. The Balaban J connectivity index is 1.72. The summed E-state index contributed by atoms with van der Waals surface area (Å²) in [7, 11) is 0. The molecule has 1 unspecified atom stereocenters. The summed E-state index contributed by atoms with van der Waals surface area (Å²) in [5, 5.41) is 9.02. The van der Waals surface area contributed by atoms with Crippen LogP contribution in [0.1, 0.15) is 31.2 Å². The monoisotopic (exact) mass is 337 g/mol. The summed E-state index contributed by atoms with van der Waals surface area (Å²) in [5.41, 5.74) is 0.894. The minimum atomic E-state index is -0.255. The zero-order valence-corrected chi connectivity index (χ0v) is 13.1. The summed E-state index contributed by atoms with van der Waals surface area (Å²) in [6.07, 6.45) is 3.78. The molecule has 1 N–H and O–H groups in total. The lowest BCUT2D eigenvalue weighted by Gasteiger charge is -2.23. The maximum absolute atomic E-state index is 12.8. The number of aliphatic hydroxyl groups excluding tert-OH is 1. The molecular weight excluding hydrogens is 318 g/mol. The van der Waals surface area contributed by atoms with E-state index >= 15 is 0 Å². The highest BCUT2D eigenvalue weighted by Crippen LogP contribution is 2.50. The molecule has 3 nitrogen and oxygen atoms in total. The number of benzene rings is 1. The molecule has 0 bridgehead atoms. The number of carbonyl (C=O) groups excluding carboxylic acids is 1. The van der Waals surface area contributed by atoms with Gasteiger partial charge < -0.3 is 10.0 Å². The van der Waals surface area contributed by atoms with Crippen LogP contribution in [0.2, 0.25) is 0 Å². The number of carbonyl (C=O) groups is 1. The molecule has 1 saturated heterocycles. The molecule has 1 aromatic carbocycles. The highest BCUT2D eigenvalue weighted by atomic mass is 79.9. The predicted octanol–water partition coefficient (Wildman–Crippen LogP) is 2.71. The number of nitrogens with zero attached hydrogens (tertiary/aromatic N) is 1. The van der Waals surface area contributed by atoms with Crippen LogP contribution in [-0.4, -0.2) is 35.6 Å². The molecule has 20 heavy (non-hydrogen) atoms. The number of rotatable bonds is 4. The van der Waals surface area contributed by atoms with Gasteiger partial charge in [0.05, 0.1) is 5.41 Å². The standard InChI is InChI=1S/C16H20BrNO2/c17-14-3-1-13(2-4-14)16(7-8-16)15(20)18-9-5-12(11-18)6-10-19/h1-4,12,19H,5-11H2. The van der Waals surface area contributed by atoms with Crippen molar-refractivity contribution in [3.63, 3.8) is 0 Å². The Morgan fingerprint density at radius 1 is 1.35 bits per heavy atom. The molecule has 0 spiro atoms. The highest BCUT2D eigenvalue weighted by molar-refractivity contribution is 9.10. The number of halogens is 1. The van der Waals surface area contributed by atoms with Gasteiger partial charge in [0.15, 0.2) is 0 Å². The van der Waals surface area contributed by atoms with Crippen LogP contribution in [-0.2, 0) is 10.2 Å². The number of hydrogen-bond donors (Lipinski definition) is 1. The summed E-state index contributed by atoms with van der Waals surface area (Å²) in [4.78, 5) is 14.8. The van der Waals surface area contributed by atoms with E-state index in [4.69, 9.17) is 5.11 Å². The van der Waals surface area contributed by atoms with Crippen LogP contribution in [0.5, 0.6) is 0 Å². The van der Waals surface area contributed by atoms with E-state index in [0.29, 0.717) is 11.8 Å². The number of aliphatic hydroxyl groups is 1. The van der Waals surface area contributed by atoms with Gasteiger partial charge in [-0.1, -0.05) is 28.1 Å². The van der Waals surface area contributed by atoms with Crippen LogP contribution in [0.4, 0.5) is 0 Å². The van der Waals surface area contributed by atoms with Crippen LogP contribution in [0, 0.1) is 5.92 Å². The molecule has 1 saturated carbocycles. The van der Waals surface area contributed by atoms with Gasteiger partial charge in [-0.2, -0.15) is 0 Å². The number of likely N-dealkylation sites (tertiary alicyclic amines) is 1. The molecule has 1 atom stereocenters. The van der Waals surface area contributed by atoms with Crippen LogP contribution in [0.25, 0.3) is 0 Å². The lowest BCUT2D eigenvalue weighted by molar-refractivity contribution is -0.133. The van der Waals surface area contributed by atoms with Gasteiger partial charge in [-0.15, -0.1) is 0 Å². The van der Waals surface area contributed by atoms with Crippen molar-refractivity contribution in [1.29, 1.82) is 0 Å². The SMILES string of the molecule is O=C(N1CCC(CCO)C1)C1(c2ccc(Br)cc2)CC1. The molecule has 1 aromatic rings. The number of hydrogen-bond acceptors (Lipinski definition) is 2. The van der Waals surface area contributed by atoms with Gasteiger partial charge >= 0.3 is 0 Å². The van der Waals surface area contributed by atoms with Crippen molar-refractivity contribution < 1.29 is 9.90 Å². The molecule has 2 fully saturated rings. The van der Waals surface area contributed by atoms with Crippen molar-refractivity contribution in [3.8, 4) is 0 Å². The van der Waals surface area contributed by atoms with Crippen molar-refractivity contribution in [2.75, 3.05) is 19.7 Å². The zero-order chi connectivity index (χ0) is 14.2. The predicted molar refractivity (Wildman–Crippen MR) is 81.4 cm³/mol. The highest BCUT2D eigenvalue weighted by Gasteiger charge is 2.53. The Labute approximate surface area is 128 Å². The largest absolute Gasteiger partial charge is 0.396 e. The van der Waals surface area contributed by atoms with E-state index < -0.39 is 0 Å². The lowest BCUT2D eigenvalue weighted by Crippen LogP contribution is -2.37. The molecule has 4 heteroatoms. The van der Waals surface area contributed by atoms with Gasteiger partial charge in [-0.3, -0.25) is 4.79 Å². The molecule has 2 aliphatic rings. The van der Waals surface area contributed by atoms with Crippen LogP contribution in [0.15, 0.2) is 28.7 Å². The maximum atomic E-state index is 12.8. The summed E-state index contributed by atoms with van der Waals surface area (Å²) >= 11 is 3.44. The van der Waals surface area contributed by atoms with E-state index in [2.05, 4.69) is 28.1 Å². The molecule has 0 aromatic heterocycles. The van der Waals surface area contributed by atoms with Crippen molar-refractivity contribution in [2.24, 2.45) is 5.92 Å². The van der Waals surface area contributed by atoms with E-state index in [9.17, 15) is 4.79 Å². The first kappa shape index (κ1) is 14.1. The van der Waals surface area contributed by atoms with Gasteiger partial charge in [0.25, 0.3) is 0 Å². The fourth-order valence-electron chi connectivity index (χ4n) is 3.26. The van der Waals surface area contributed by atoms with Gasteiger partial charge in [0, 0.05) is 24.2 Å². The molecule has 0 radical (unpaired) electrons. The molecule has 1 amide bonds. The second-order valence-corrected chi connectivity index (χ2v) is 6.92. The normalized spacial score (nSPS) is 23.9. The molecule has 1 aliphatic carbocycles. The lowest BCUT2D eigenvalue weighted by atomic mass is 9.94. The van der Waals surface area contributed by atoms with Crippen molar-refractivity contribution in [2.45, 2.75) is 31.1 Å². The Morgan fingerprint density at radius 3 is 2.65 bits per heavy atom. The molecular formula is C16H20BrNO2. The fourth-order valence-corrected chi connectivity index (χ4v) is 3.52. The third-order valence-corrected chi connectivity index (χ3v) is 5.20. The second kappa shape index (κ2) is 5.49. The Hall–Kier alpha value is -0.870. The molecule has 1 heterocycles. The third-order valence-electron chi connectivity index (χ3n) is 4.67. The average molecular weight is 338 g/mol. The Morgan fingerprint density at radius 2 is 2.05 bits per heavy atom. The van der Waals surface area contributed by atoms with Crippen LogP contribution in [0.3, 0.4) is 0 Å². The van der Waals surface area contributed by atoms with E-state index in [-0.39, 0.29) is 12.0 Å². The second-order valence-electron chi connectivity index (χ2n) is 6.01. The first-order valence-electron chi connectivity index (χ1n) is 7.32. The number of amides is 1. The Bertz CT molecular complexity index is 496. The quantitative estimate of drug-likeness (QED) is 0.917. The summed E-state index contributed by atoms with van der Waals surface area (Å²) < 4.78 is 1.05. The average Bonchev–Trinajstić information content (AvgIpc) is 3.13. The topological polar surface area (TPSA) is 40.5 Å². The zero-order valence-electron chi connectivity index (χ0n) is 11.5. The van der Waals surface area contributed by atoms with Gasteiger partial charge in [0.2, 0.25) is 5.91 Å². The molecule has 108 valence electrons. The van der Waals surface area contributed by atoms with E-state index in [0.717, 1.165) is 48.8 Å². The minimum Gasteiger partial charge on any atom is -0.396 e. The molecule has 1 aliphatic heterocycles. The van der Waals surface area contributed by atoms with E-state index in [1.807, 2.05) is 17.0 Å². The molecule has 3 rings (SSSR count). The minimum absolute atomic E-state index is 0.227. The van der Waals surface area contributed by atoms with Crippen molar-refractivity contribution in [1.82, 2.24) is 4.90 Å². The first-order valence-corrected chi connectivity index (χ1v) is 8.11. The van der Waals surface area contributed by atoms with Gasteiger partial charge in [0.1, 0.15) is 0 Å². The van der Waals surface area contributed by atoms with Crippen LogP contribution < -0.4 is 0 Å². The van der Waals surface area contributed by atoms with Crippen LogP contribution >= 0.6 is 15.9 Å². The van der Waals surface area contributed by atoms with Gasteiger partial charge in [-0.25, -0.2) is 0 Å². The third kappa shape index (κ3) is 2.51. The summed E-state index contributed by atoms with van der Waals surface area (Å²) in [6, 6.07) is 8.16. The first-order chi connectivity index (χ1) is 9.65. The summed E-state index contributed by atoms with van der Waals surface area (Å²) in [6.45, 7) is 1.89. The van der Waals surface area contributed by atoms with Crippen molar-refractivity contribution >= 4 is 21.8 Å².